The highest BCUT2D eigenvalue weighted by molar-refractivity contribution is 5.75. The number of nitriles is 1. The molecule has 0 bridgehead atoms. The molecule has 1 fully saturated rings. The van der Waals surface area contributed by atoms with Gasteiger partial charge in [0.05, 0.1) is 23.7 Å². The highest BCUT2D eigenvalue weighted by atomic mass is 16.5. The van der Waals surface area contributed by atoms with Crippen molar-refractivity contribution in [3.05, 3.63) is 71.3 Å². The molecule has 0 saturated carbocycles. The summed E-state index contributed by atoms with van der Waals surface area (Å²) < 4.78 is 5.79. The standard InChI is InChI=1S/C20H21N3O2/c1-14(16-9-7-15(13-21)8-10-16)22-20(24)23-18-11-12-25-19(18)17-5-3-2-4-6-17/h2-10,14,18-19H,11-12H2,1H3,(H2,22,23,24)/t14-,18+,19-/m0/s1. The van der Waals surface area contributed by atoms with E-state index < -0.39 is 0 Å². The van der Waals surface area contributed by atoms with E-state index in [4.69, 9.17) is 10.00 Å². The highest BCUT2D eigenvalue weighted by Crippen LogP contribution is 2.28. The molecule has 3 atom stereocenters. The first-order valence-corrected chi connectivity index (χ1v) is 8.41. The van der Waals surface area contributed by atoms with Crippen molar-refractivity contribution >= 4 is 6.03 Å². The van der Waals surface area contributed by atoms with E-state index in [1.807, 2.05) is 49.4 Å². The second-order valence-corrected chi connectivity index (χ2v) is 6.17. The fourth-order valence-electron chi connectivity index (χ4n) is 3.04. The number of benzene rings is 2. The lowest BCUT2D eigenvalue weighted by Gasteiger charge is -2.22. The molecule has 5 heteroatoms. The molecular weight excluding hydrogens is 314 g/mol. The van der Waals surface area contributed by atoms with Crippen molar-refractivity contribution in [2.75, 3.05) is 6.61 Å². The normalized spacial score (nSPS) is 20.5. The maximum Gasteiger partial charge on any atom is 0.315 e. The van der Waals surface area contributed by atoms with Crippen LogP contribution in [0.4, 0.5) is 4.79 Å². The van der Waals surface area contributed by atoms with Crippen molar-refractivity contribution in [1.29, 1.82) is 5.26 Å². The van der Waals surface area contributed by atoms with Crippen molar-refractivity contribution in [3.8, 4) is 6.07 Å². The lowest BCUT2D eigenvalue weighted by molar-refractivity contribution is 0.0998. The van der Waals surface area contributed by atoms with Crippen molar-refractivity contribution in [2.45, 2.75) is 31.5 Å². The molecule has 0 radical (unpaired) electrons. The fraction of sp³-hybridized carbons (Fsp3) is 0.300. The quantitative estimate of drug-likeness (QED) is 0.899. The Morgan fingerprint density at radius 3 is 2.60 bits per heavy atom. The van der Waals surface area contributed by atoms with E-state index >= 15 is 0 Å². The third-order valence-corrected chi connectivity index (χ3v) is 4.42. The van der Waals surface area contributed by atoms with E-state index in [-0.39, 0.29) is 24.2 Å². The molecule has 5 nitrogen and oxygen atoms in total. The smallest absolute Gasteiger partial charge is 0.315 e. The van der Waals surface area contributed by atoms with Gasteiger partial charge >= 0.3 is 6.03 Å². The number of carbonyl (C=O) groups is 1. The molecule has 128 valence electrons. The lowest BCUT2D eigenvalue weighted by atomic mass is 10.0. The van der Waals surface area contributed by atoms with E-state index in [1.165, 1.54) is 0 Å². The molecule has 2 amide bonds. The van der Waals surface area contributed by atoms with E-state index in [1.54, 1.807) is 12.1 Å². The average molecular weight is 335 g/mol. The Hall–Kier alpha value is -2.84. The molecule has 0 unspecified atom stereocenters. The van der Waals surface area contributed by atoms with Gasteiger partial charge in [-0.1, -0.05) is 42.5 Å². The molecule has 1 saturated heterocycles. The van der Waals surface area contributed by atoms with Crippen molar-refractivity contribution in [3.63, 3.8) is 0 Å². The number of amides is 2. The van der Waals surface area contributed by atoms with Crippen LogP contribution in [0.25, 0.3) is 0 Å². The van der Waals surface area contributed by atoms with E-state index in [9.17, 15) is 4.79 Å². The minimum absolute atomic E-state index is 0.0458. The predicted molar refractivity (Wildman–Crippen MR) is 94.8 cm³/mol. The van der Waals surface area contributed by atoms with E-state index in [0.29, 0.717) is 12.2 Å². The SMILES string of the molecule is C[C@H](NC(=O)N[C@@H]1CCO[C@H]1c1ccccc1)c1ccc(C#N)cc1. The number of ether oxygens (including phenoxy) is 1. The molecule has 2 N–H and O–H groups in total. The van der Waals surface area contributed by atoms with Crippen LogP contribution < -0.4 is 10.6 Å². The summed E-state index contributed by atoms with van der Waals surface area (Å²) in [6.45, 7) is 2.55. The van der Waals surface area contributed by atoms with Gasteiger partial charge in [0.15, 0.2) is 0 Å². The molecule has 1 aliphatic heterocycles. The highest BCUT2D eigenvalue weighted by Gasteiger charge is 2.31. The molecule has 1 heterocycles. The summed E-state index contributed by atoms with van der Waals surface area (Å²) >= 11 is 0. The molecular formula is C20H21N3O2. The van der Waals surface area contributed by atoms with Gasteiger partial charge in [0.25, 0.3) is 0 Å². The van der Waals surface area contributed by atoms with E-state index in [2.05, 4.69) is 16.7 Å². The number of urea groups is 1. The van der Waals surface area contributed by atoms with Crippen LogP contribution in [0.5, 0.6) is 0 Å². The van der Waals surface area contributed by atoms with Gasteiger partial charge in [-0.15, -0.1) is 0 Å². The van der Waals surface area contributed by atoms with Crippen molar-refractivity contribution < 1.29 is 9.53 Å². The van der Waals surface area contributed by atoms with Gasteiger partial charge in [-0.25, -0.2) is 4.79 Å². The minimum atomic E-state index is -0.215. The van der Waals surface area contributed by atoms with Gasteiger partial charge in [-0.2, -0.15) is 5.26 Å². The van der Waals surface area contributed by atoms with Crippen LogP contribution in [-0.4, -0.2) is 18.7 Å². The third kappa shape index (κ3) is 4.17. The first-order chi connectivity index (χ1) is 12.2. The first kappa shape index (κ1) is 17.0. The minimum Gasteiger partial charge on any atom is -0.371 e. The first-order valence-electron chi connectivity index (χ1n) is 8.41. The Kier molecular flexibility index (Phi) is 5.32. The summed E-state index contributed by atoms with van der Waals surface area (Å²) in [4.78, 5) is 12.4. The van der Waals surface area contributed by atoms with Crippen molar-refractivity contribution in [1.82, 2.24) is 10.6 Å². The number of rotatable bonds is 4. The molecule has 3 rings (SSSR count). The number of nitrogens with one attached hydrogen (secondary N) is 2. The van der Waals surface area contributed by atoms with Crippen molar-refractivity contribution in [2.24, 2.45) is 0 Å². The third-order valence-electron chi connectivity index (χ3n) is 4.42. The Morgan fingerprint density at radius 2 is 1.92 bits per heavy atom. The topological polar surface area (TPSA) is 74.2 Å². The zero-order valence-electron chi connectivity index (χ0n) is 14.1. The molecule has 25 heavy (non-hydrogen) atoms. The zero-order chi connectivity index (χ0) is 17.6. The lowest BCUT2D eigenvalue weighted by Crippen LogP contribution is -2.44. The number of hydrogen-bond acceptors (Lipinski definition) is 3. The molecule has 1 aliphatic rings. The van der Waals surface area contributed by atoms with Crippen LogP contribution in [0.2, 0.25) is 0 Å². The summed E-state index contributed by atoms with van der Waals surface area (Å²) in [7, 11) is 0. The molecule has 2 aromatic carbocycles. The Labute approximate surface area is 147 Å². The monoisotopic (exact) mass is 335 g/mol. The number of nitrogens with zero attached hydrogens (tertiary/aromatic N) is 1. The second kappa shape index (κ2) is 7.82. The largest absolute Gasteiger partial charge is 0.371 e. The van der Waals surface area contributed by atoms with Gasteiger partial charge in [-0.3, -0.25) is 0 Å². The summed E-state index contributed by atoms with van der Waals surface area (Å²) in [6, 6.07) is 18.8. The predicted octanol–water partition coefficient (Wildman–Crippen LogP) is 3.45. The van der Waals surface area contributed by atoms with Gasteiger partial charge < -0.3 is 15.4 Å². The van der Waals surface area contributed by atoms with Gasteiger partial charge in [0, 0.05) is 6.61 Å². The average Bonchev–Trinajstić information content (AvgIpc) is 3.10. The van der Waals surface area contributed by atoms with Gasteiger partial charge in [0.2, 0.25) is 0 Å². The molecule has 0 aliphatic carbocycles. The molecule has 0 aromatic heterocycles. The maximum absolute atomic E-state index is 12.4. The second-order valence-electron chi connectivity index (χ2n) is 6.17. The van der Waals surface area contributed by atoms with Crippen LogP contribution >= 0.6 is 0 Å². The molecule has 2 aromatic rings. The summed E-state index contributed by atoms with van der Waals surface area (Å²) in [5.74, 6) is 0. The summed E-state index contributed by atoms with van der Waals surface area (Å²) in [5, 5.41) is 14.8. The Balaban J connectivity index is 1.59. The maximum atomic E-state index is 12.4. The Bertz CT molecular complexity index is 753. The van der Waals surface area contributed by atoms with Crippen LogP contribution in [0.3, 0.4) is 0 Å². The summed E-state index contributed by atoms with van der Waals surface area (Å²) in [6.07, 6.45) is 0.676. The zero-order valence-corrected chi connectivity index (χ0v) is 14.1. The van der Waals surface area contributed by atoms with Gasteiger partial charge in [-0.05, 0) is 36.6 Å². The van der Waals surface area contributed by atoms with Crippen LogP contribution in [0.1, 0.15) is 42.2 Å². The van der Waals surface area contributed by atoms with Crippen LogP contribution in [0, 0.1) is 11.3 Å². The van der Waals surface area contributed by atoms with Gasteiger partial charge in [0.1, 0.15) is 6.10 Å². The number of carbonyl (C=O) groups excluding carboxylic acids is 1. The van der Waals surface area contributed by atoms with Crippen LogP contribution in [0.15, 0.2) is 54.6 Å². The number of hydrogen-bond donors (Lipinski definition) is 2. The summed E-state index contributed by atoms with van der Waals surface area (Å²) in [5.41, 5.74) is 2.64. The fourth-order valence-corrected chi connectivity index (χ4v) is 3.04. The van der Waals surface area contributed by atoms with Crippen LogP contribution in [-0.2, 0) is 4.74 Å². The molecule has 0 spiro atoms. The van der Waals surface area contributed by atoms with E-state index in [0.717, 1.165) is 17.5 Å². The Morgan fingerprint density at radius 1 is 1.20 bits per heavy atom.